The molecule has 0 amide bonds. The molecule has 0 atom stereocenters. The molecular formula is C46H34N2O. The molecule has 2 aromatic heterocycles. The van der Waals surface area contributed by atoms with Crippen LogP contribution in [0.1, 0.15) is 30.5 Å². The Bertz CT molecular complexity index is 2760. The van der Waals surface area contributed by atoms with Gasteiger partial charge in [0.05, 0.1) is 22.1 Å². The molecule has 0 radical (unpaired) electrons. The summed E-state index contributed by atoms with van der Waals surface area (Å²) in [4.78, 5) is 2.43. The largest absolute Gasteiger partial charge is 0.456 e. The Morgan fingerprint density at radius 1 is 0.531 bits per heavy atom. The number of fused-ring (bicyclic) bond motifs is 9. The predicted octanol–water partition coefficient (Wildman–Crippen LogP) is 12.8. The number of rotatable bonds is 4. The fraction of sp³-hybridized carbons (Fsp3) is 0.0870. The minimum Gasteiger partial charge on any atom is -0.456 e. The van der Waals surface area contributed by atoms with Crippen molar-refractivity contribution in [3.63, 3.8) is 0 Å². The monoisotopic (exact) mass is 630 g/mol. The van der Waals surface area contributed by atoms with E-state index in [1.54, 1.807) is 0 Å². The average molecular weight is 631 g/mol. The van der Waals surface area contributed by atoms with Crippen LogP contribution < -0.4 is 4.90 Å². The van der Waals surface area contributed by atoms with E-state index in [1.807, 2.05) is 6.07 Å². The molecule has 1 aliphatic rings. The summed E-state index contributed by atoms with van der Waals surface area (Å²) in [5.74, 6) is 0. The van der Waals surface area contributed by atoms with E-state index in [0.29, 0.717) is 0 Å². The first-order valence-corrected chi connectivity index (χ1v) is 17.0. The molecule has 0 fully saturated rings. The summed E-state index contributed by atoms with van der Waals surface area (Å²) >= 11 is 0. The van der Waals surface area contributed by atoms with Gasteiger partial charge in [0, 0.05) is 38.6 Å². The maximum atomic E-state index is 6.42. The van der Waals surface area contributed by atoms with Gasteiger partial charge in [0.25, 0.3) is 0 Å². The van der Waals surface area contributed by atoms with E-state index >= 15 is 0 Å². The van der Waals surface area contributed by atoms with Gasteiger partial charge in [0.1, 0.15) is 11.2 Å². The summed E-state index contributed by atoms with van der Waals surface area (Å²) in [6.45, 7) is 6.84. The standard InChI is InChI=1S/C46H34N2O/c1-29-19-21-30(22-20-29)48-40-15-8-5-12-35(40)37-27-31(24-26-41(37)48)47(42-16-10-18-44-45(42)36-13-6-9-17-43(36)49-44)32-23-25-34-33-11-4-7-14-38(33)46(2,3)39(34)28-32/h4-28H,1-3H3. The molecule has 3 heteroatoms. The van der Waals surface area contributed by atoms with Crippen LogP contribution in [-0.4, -0.2) is 4.57 Å². The zero-order valence-corrected chi connectivity index (χ0v) is 27.7. The topological polar surface area (TPSA) is 21.3 Å². The highest BCUT2D eigenvalue weighted by Crippen LogP contribution is 2.51. The maximum absolute atomic E-state index is 6.42. The molecule has 3 nitrogen and oxygen atoms in total. The van der Waals surface area contributed by atoms with Crippen molar-refractivity contribution in [2.24, 2.45) is 0 Å². The summed E-state index contributed by atoms with van der Waals surface area (Å²) in [5.41, 5.74) is 15.1. The number of furan rings is 1. The van der Waals surface area contributed by atoms with Crippen LogP contribution in [0.4, 0.5) is 17.1 Å². The van der Waals surface area contributed by atoms with Crippen molar-refractivity contribution in [3.8, 4) is 16.8 Å². The molecule has 234 valence electrons. The van der Waals surface area contributed by atoms with Crippen LogP contribution in [-0.2, 0) is 5.41 Å². The van der Waals surface area contributed by atoms with E-state index in [4.69, 9.17) is 4.42 Å². The lowest BCUT2D eigenvalue weighted by molar-refractivity contribution is 0.660. The highest BCUT2D eigenvalue weighted by Gasteiger charge is 2.36. The highest BCUT2D eigenvalue weighted by molar-refractivity contribution is 6.15. The quantitative estimate of drug-likeness (QED) is 0.193. The van der Waals surface area contributed by atoms with Gasteiger partial charge in [-0.3, -0.25) is 0 Å². The Morgan fingerprint density at radius 3 is 2.08 bits per heavy atom. The van der Waals surface area contributed by atoms with Gasteiger partial charge in [0.2, 0.25) is 0 Å². The second-order valence-electron chi connectivity index (χ2n) is 13.9. The van der Waals surface area contributed by atoms with Crippen molar-refractivity contribution < 1.29 is 4.42 Å². The van der Waals surface area contributed by atoms with E-state index in [-0.39, 0.29) is 5.41 Å². The van der Waals surface area contributed by atoms with E-state index in [2.05, 4.69) is 176 Å². The minimum atomic E-state index is -0.118. The second kappa shape index (κ2) is 10.2. The third kappa shape index (κ3) is 4.02. The number of anilines is 3. The Kier molecular flexibility index (Phi) is 5.84. The third-order valence-corrected chi connectivity index (χ3v) is 10.7. The summed E-state index contributed by atoms with van der Waals surface area (Å²) in [5, 5.41) is 4.68. The normalized spacial score (nSPS) is 13.4. The smallest absolute Gasteiger partial charge is 0.137 e. The van der Waals surface area contributed by atoms with Crippen molar-refractivity contribution >= 4 is 60.8 Å². The van der Waals surface area contributed by atoms with Gasteiger partial charge in [-0.1, -0.05) is 104 Å². The number of hydrogen-bond acceptors (Lipinski definition) is 2. The van der Waals surface area contributed by atoms with Gasteiger partial charge >= 0.3 is 0 Å². The summed E-state index contributed by atoms with van der Waals surface area (Å²) < 4.78 is 8.81. The molecule has 2 heterocycles. The molecule has 0 aliphatic heterocycles. The number of aryl methyl sites for hydroxylation is 1. The molecule has 0 unspecified atom stereocenters. The molecule has 10 rings (SSSR count). The minimum absolute atomic E-state index is 0.118. The molecule has 0 saturated carbocycles. The van der Waals surface area contributed by atoms with Crippen LogP contribution in [0.3, 0.4) is 0 Å². The van der Waals surface area contributed by atoms with Crippen LogP contribution in [0.25, 0.3) is 60.6 Å². The van der Waals surface area contributed by atoms with Crippen molar-refractivity contribution in [2.75, 3.05) is 4.90 Å². The van der Waals surface area contributed by atoms with Crippen LogP contribution in [0.15, 0.2) is 156 Å². The van der Waals surface area contributed by atoms with Crippen molar-refractivity contribution in [1.82, 2.24) is 4.57 Å². The molecule has 0 spiro atoms. The number of aromatic nitrogens is 1. The van der Waals surface area contributed by atoms with Gasteiger partial charge in [0.15, 0.2) is 0 Å². The lowest BCUT2D eigenvalue weighted by Gasteiger charge is -2.29. The van der Waals surface area contributed by atoms with Crippen molar-refractivity contribution in [3.05, 3.63) is 168 Å². The number of para-hydroxylation sites is 2. The van der Waals surface area contributed by atoms with Gasteiger partial charge < -0.3 is 13.9 Å². The maximum Gasteiger partial charge on any atom is 0.137 e. The Hall–Kier alpha value is -6.06. The van der Waals surface area contributed by atoms with Crippen LogP contribution in [0, 0.1) is 6.92 Å². The zero-order valence-electron chi connectivity index (χ0n) is 27.7. The fourth-order valence-corrected chi connectivity index (χ4v) is 8.27. The molecule has 0 saturated heterocycles. The van der Waals surface area contributed by atoms with Gasteiger partial charge in [-0.2, -0.15) is 0 Å². The van der Waals surface area contributed by atoms with Crippen LogP contribution >= 0.6 is 0 Å². The SMILES string of the molecule is Cc1ccc(-n2c3ccccc3c3cc(N(c4ccc5c(c4)C(C)(C)c4ccccc4-5)c4cccc5oc6ccccc6c45)ccc32)cc1. The van der Waals surface area contributed by atoms with E-state index < -0.39 is 0 Å². The molecule has 0 N–H and O–H groups in total. The van der Waals surface area contributed by atoms with Gasteiger partial charge in [-0.05, 0) is 95.9 Å². The fourth-order valence-electron chi connectivity index (χ4n) is 8.27. The summed E-state index contributed by atoms with van der Waals surface area (Å²) in [7, 11) is 0. The second-order valence-corrected chi connectivity index (χ2v) is 13.9. The Balaban J connectivity index is 1.26. The summed E-state index contributed by atoms with van der Waals surface area (Å²) in [6.07, 6.45) is 0. The van der Waals surface area contributed by atoms with Crippen molar-refractivity contribution in [2.45, 2.75) is 26.2 Å². The lowest BCUT2D eigenvalue weighted by Crippen LogP contribution is -2.16. The Morgan fingerprint density at radius 2 is 1.20 bits per heavy atom. The van der Waals surface area contributed by atoms with Crippen LogP contribution in [0.2, 0.25) is 0 Å². The van der Waals surface area contributed by atoms with Gasteiger partial charge in [-0.15, -0.1) is 0 Å². The first kappa shape index (κ1) is 28.0. The first-order valence-electron chi connectivity index (χ1n) is 17.0. The predicted molar refractivity (Wildman–Crippen MR) is 205 cm³/mol. The molecule has 1 aliphatic carbocycles. The van der Waals surface area contributed by atoms with E-state index in [1.165, 1.54) is 49.6 Å². The van der Waals surface area contributed by atoms with Crippen molar-refractivity contribution in [1.29, 1.82) is 0 Å². The third-order valence-electron chi connectivity index (χ3n) is 10.7. The van der Waals surface area contributed by atoms with E-state index in [9.17, 15) is 0 Å². The van der Waals surface area contributed by atoms with Gasteiger partial charge in [-0.25, -0.2) is 0 Å². The molecule has 49 heavy (non-hydrogen) atoms. The number of benzene rings is 7. The zero-order chi connectivity index (χ0) is 32.9. The lowest BCUT2D eigenvalue weighted by atomic mass is 9.82. The molecule has 9 aromatic rings. The number of nitrogens with zero attached hydrogens (tertiary/aromatic N) is 2. The molecule has 7 aromatic carbocycles. The first-order chi connectivity index (χ1) is 24.0. The average Bonchev–Trinajstić information content (AvgIpc) is 3.75. The number of hydrogen-bond donors (Lipinski definition) is 0. The van der Waals surface area contributed by atoms with E-state index in [0.717, 1.165) is 44.7 Å². The van der Waals surface area contributed by atoms with Crippen LogP contribution in [0.5, 0.6) is 0 Å². The molecular weight excluding hydrogens is 597 g/mol. The summed E-state index contributed by atoms with van der Waals surface area (Å²) in [6, 6.07) is 55.2. The highest BCUT2D eigenvalue weighted by atomic mass is 16.3. The molecule has 0 bridgehead atoms. The Labute approximate surface area is 285 Å².